The van der Waals surface area contributed by atoms with Gasteiger partial charge in [0.1, 0.15) is 5.65 Å². The number of carbonyl (C=O) groups excluding carboxylic acids is 2. The lowest BCUT2D eigenvalue weighted by atomic mass is 10.00. The Bertz CT molecular complexity index is 1130. The molecule has 0 saturated carbocycles. The highest BCUT2D eigenvalue weighted by Gasteiger charge is 2.20. The van der Waals surface area contributed by atoms with E-state index in [1.807, 2.05) is 12.3 Å². The Morgan fingerprint density at radius 3 is 2.65 bits per heavy atom. The van der Waals surface area contributed by atoms with Gasteiger partial charge in [-0.3, -0.25) is 0 Å². The molecule has 1 aliphatic rings. The smallest absolute Gasteiger partial charge is 0.338 e. The first-order valence-electron chi connectivity index (χ1n) is 10.6. The zero-order chi connectivity index (χ0) is 21.8. The molecule has 2 aromatic heterocycles. The van der Waals surface area contributed by atoms with Crippen LogP contribution in [0.2, 0.25) is 0 Å². The Hall–Kier alpha value is -3.61. The molecule has 0 radical (unpaired) electrons. The maximum absolute atomic E-state index is 12.7. The van der Waals surface area contributed by atoms with Crippen LogP contribution in [0.15, 0.2) is 54.9 Å². The van der Waals surface area contributed by atoms with Crippen molar-refractivity contribution in [3.63, 3.8) is 0 Å². The molecule has 160 valence electrons. The maximum atomic E-state index is 12.7. The van der Waals surface area contributed by atoms with Crippen LogP contribution < -0.4 is 5.32 Å². The third kappa shape index (κ3) is 4.30. The van der Waals surface area contributed by atoms with Gasteiger partial charge in [0.15, 0.2) is 0 Å². The van der Waals surface area contributed by atoms with Gasteiger partial charge < -0.3 is 19.5 Å². The summed E-state index contributed by atoms with van der Waals surface area (Å²) in [4.78, 5) is 30.7. The van der Waals surface area contributed by atoms with E-state index in [0.717, 1.165) is 24.0 Å². The summed E-state index contributed by atoms with van der Waals surface area (Å²) in [5.41, 5.74) is 4.54. The highest BCUT2D eigenvalue weighted by molar-refractivity contribution is 5.94. The summed E-state index contributed by atoms with van der Waals surface area (Å²) in [6.45, 7) is 6.25. The predicted molar refractivity (Wildman–Crippen MR) is 121 cm³/mol. The summed E-state index contributed by atoms with van der Waals surface area (Å²) in [6.07, 6.45) is 6.88. The van der Waals surface area contributed by atoms with Crippen LogP contribution in [0.4, 0.5) is 10.5 Å². The van der Waals surface area contributed by atoms with Crippen molar-refractivity contribution < 1.29 is 14.3 Å². The Balaban J connectivity index is 1.42. The van der Waals surface area contributed by atoms with Gasteiger partial charge in [0.25, 0.3) is 0 Å². The molecule has 3 aromatic rings. The number of rotatable bonds is 5. The van der Waals surface area contributed by atoms with Crippen LogP contribution in [-0.4, -0.2) is 46.1 Å². The van der Waals surface area contributed by atoms with Crippen molar-refractivity contribution >= 4 is 34.3 Å². The summed E-state index contributed by atoms with van der Waals surface area (Å²) in [5.74, 6) is -0.367. The number of hydrogen-bond acceptors (Lipinski definition) is 4. The van der Waals surface area contributed by atoms with Crippen molar-refractivity contribution in [3.8, 4) is 0 Å². The molecule has 3 heterocycles. The molecule has 1 aromatic carbocycles. The fourth-order valence-electron chi connectivity index (χ4n) is 3.82. The van der Waals surface area contributed by atoms with Crippen LogP contribution in [0, 0.1) is 0 Å². The molecule has 7 heteroatoms. The summed E-state index contributed by atoms with van der Waals surface area (Å²) in [7, 11) is 0. The SMILES string of the molecule is CCOC(=O)c1ccc(NC(=O)N2CC=C(c3cn(CC)c4ncccc34)CC2)cc1. The first-order valence-corrected chi connectivity index (χ1v) is 10.6. The van der Waals surface area contributed by atoms with Gasteiger partial charge in [-0.1, -0.05) is 6.08 Å². The first kappa shape index (κ1) is 20.7. The lowest BCUT2D eigenvalue weighted by molar-refractivity contribution is 0.0526. The molecule has 0 bridgehead atoms. The molecule has 0 spiro atoms. The van der Waals surface area contributed by atoms with Crippen LogP contribution in [-0.2, 0) is 11.3 Å². The molecule has 1 N–H and O–H groups in total. The van der Waals surface area contributed by atoms with Gasteiger partial charge in [0, 0.05) is 48.7 Å². The number of urea groups is 1. The van der Waals surface area contributed by atoms with Crippen LogP contribution in [0.25, 0.3) is 16.6 Å². The fraction of sp³-hybridized carbons (Fsp3) is 0.292. The van der Waals surface area contributed by atoms with E-state index in [4.69, 9.17) is 4.74 Å². The second-order valence-electron chi connectivity index (χ2n) is 7.36. The van der Waals surface area contributed by atoms with Gasteiger partial charge in [-0.05, 0) is 62.2 Å². The van der Waals surface area contributed by atoms with E-state index in [0.29, 0.717) is 30.9 Å². The van der Waals surface area contributed by atoms with E-state index in [1.54, 1.807) is 36.1 Å². The molecule has 31 heavy (non-hydrogen) atoms. The van der Waals surface area contributed by atoms with Crippen LogP contribution in [0.3, 0.4) is 0 Å². The standard InChI is InChI=1S/C24H26N4O3/c1-3-27-16-21(20-6-5-13-25-22(20)27)17-11-14-28(15-12-17)24(30)26-19-9-7-18(8-10-19)23(29)31-4-2/h5-11,13,16H,3-4,12,14-15H2,1-2H3,(H,26,30). The van der Waals surface area contributed by atoms with Gasteiger partial charge in [0.05, 0.1) is 12.2 Å². The van der Waals surface area contributed by atoms with E-state index in [2.05, 4.69) is 40.1 Å². The number of ether oxygens (including phenoxy) is 1. The number of nitrogens with one attached hydrogen (secondary N) is 1. The topological polar surface area (TPSA) is 76.5 Å². The second-order valence-corrected chi connectivity index (χ2v) is 7.36. The number of carbonyl (C=O) groups is 2. The van der Waals surface area contributed by atoms with Crippen molar-refractivity contribution in [2.75, 3.05) is 25.0 Å². The lowest BCUT2D eigenvalue weighted by Gasteiger charge is -2.26. The Kier molecular flexibility index (Phi) is 6.02. The summed E-state index contributed by atoms with van der Waals surface area (Å²) in [6, 6.07) is 10.6. The monoisotopic (exact) mass is 418 g/mol. The molecule has 2 amide bonds. The number of aryl methyl sites for hydroxylation is 1. The fourth-order valence-corrected chi connectivity index (χ4v) is 3.82. The number of hydrogen-bond donors (Lipinski definition) is 1. The Morgan fingerprint density at radius 1 is 1.16 bits per heavy atom. The quantitative estimate of drug-likeness (QED) is 0.617. The number of amides is 2. The zero-order valence-corrected chi connectivity index (χ0v) is 17.8. The van der Waals surface area contributed by atoms with Crippen molar-refractivity contribution in [2.24, 2.45) is 0 Å². The largest absolute Gasteiger partial charge is 0.462 e. The van der Waals surface area contributed by atoms with Crippen molar-refractivity contribution in [3.05, 3.63) is 66.0 Å². The second kappa shape index (κ2) is 9.04. The number of pyridine rings is 1. The minimum atomic E-state index is -0.367. The van der Waals surface area contributed by atoms with E-state index in [-0.39, 0.29) is 12.0 Å². The third-order valence-corrected chi connectivity index (χ3v) is 5.46. The number of benzene rings is 1. The van der Waals surface area contributed by atoms with Crippen molar-refractivity contribution in [1.29, 1.82) is 0 Å². The number of esters is 1. The van der Waals surface area contributed by atoms with Crippen LogP contribution in [0.5, 0.6) is 0 Å². The van der Waals surface area contributed by atoms with E-state index >= 15 is 0 Å². The molecule has 0 fully saturated rings. The number of nitrogens with zero attached hydrogens (tertiary/aromatic N) is 3. The summed E-state index contributed by atoms with van der Waals surface area (Å²) in [5, 5.41) is 4.05. The normalized spacial score (nSPS) is 13.7. The van der Waals surface area contributed by atoms with E-state index < -0.39 is 0 Å². The summed E-state index contributed by atoms with van der Waals surface area (Å²) >= 11 is 0. The van der Waals surface area contributed by atoms with Crippen LogP contribution in [0.1, 0.15) is 36.2 Å². The zero-order valence-electron chi connectivity index (χ0n) is 17.8. The molecule has 0 unspecified atom stereocenters. The Morgan fingerprint density at radius 2 is 1.97 bits per heavy atom. The van der Waals surface area contributed by atoms with Crippen molar-refractivity contribution in [1.82, 2.24) is 14.5 Å². The molecular weight excluding hydrogens is 392 g/mol. The highest BCUT2D eigenvalue weighted by Crippen LogP contribution is 2.30. The van der Waals surface area contributed by atoms with Crippen LogP contribution >= 0.6 is 0 Å². The van der Waals surface area contributed by atoms with Gasteiger partial charge in [-0.2, -0.15) is 0 Å². The molecule has 0 saturated heterocycles. The molecule has 4 rings (SSSR count). The lowest BCUT2D eigenvalue weighted by Crippen LogP contribution is -2.37. The molecule has 0 atom stereocenters. The van der Waals surface area contributed by atoms with Crippen molar-refractivity contribution in [2.45, 2.75) is 26.8 Å². The number of aromatic nitrogens is 2. The highest BCUT2D eigenvalue weighted by atomic mass is 16.5. The number of fused-ring (bicyclic) bond motifs is 1. The first-order chi connectivity index (χ1) is 15.1. The van der Waals surface area contributed by atoms with Gasteiger partial charge in [-0.15, -0.1) is 0 Å². The molecular formula is C24H26N4O3. The summed E-state index contributed by atoms with van der Waals surface area (Å²) < 4.78 is 7.14. The number of anilines is 1. The molecule has 1 aliphatic heterocycles. The van der Waals surface area contributed by atoms with Gasteiger partial charge in [-0.25, -0.2) is 14.6 Å². The molecule has 7 nitrogen and oxygen atoms in total. The van der Waals surface area contributed by atoms with Gasteiger partial charge >= 0.3 is 12.0 Å². The minimum Gasteiger partial charge on any atom is -0.462 e. The van der Waals surface area contributed by atoms with E-state index in [1.165, 1.54) is 11.1 Å². The van der Waals surface area contributed by atoms with Gasteiger partial charge in [0.2, 0.25) is 0 Å². The third-order valence-electron chi connectivity index (χ3n) is 5.46. The average Bonchev–Trinajstić information content (AvgIpc) is 3.19. The molecule has 0 aliphatic carbocycles. The average molecular weight is 418 g/mol. The Labute approximate surface area is 181 Å². The predicted octanol–water partition coefficient (Wildman–Crippen LogP) is 4.55. The maximum Gasteiger partial charge on any atom is 0.338 e. The minimum absolute atomic E-state index is 0.156. The van der Waals surface area contributed by atoms with E-state index in [9.17, 15) is 9.59 Å².